The fourth-order valence-electron chi connectivity index (χ4n) is 2.27. The summed E-state index contributed by atoms with van der Waals surface area (Å²) in [4.78, 5) is 10.6. The molecule has 0 amide bonds. The molecule has 0 aliphatic rings. The molecule has 2 aromatic rings. The molecule has 0 bridgehead atoms. The summed E-state index contributed by atoms with van der Waals surface area (Å²) in [7, 11) is 1.98. The molecule has 0 unspecified atom stereocenters. The normalized spacial score (nSPS) is 11.2. The van der Waals surface area contributed by atoms with Crippen LogP contribution in [-0.2, 0) is 0 Å². The molecule has 2 aromatic heterocycles. The highest BCUT2D eigenvalue weighted by molar-refractivity contribution is 6.07. The molecule has 0 saturated carbocycles. The van der Waals surface area contributed by atoms with Crippen LogP contribution in [0.3, 0.4) is 0 Å². The summed E-state index contributed by atoms with van der Waals surface area (Å²) in [5, 5.41) is 7.65. The van der Waals surface area contributed by atoms with Crippen molar-refractivity contribution < 1.29 is 4.74 Å². The molecule has 0 spiro atoms. The average Bonchev–Trinajstić information content (AvgIpc) is 2.56. The Morgan fingerprint density at radius 1 is 1.38 bits per heavy atom. The van der Waals surface area contributed by atoms with Crippen LogP contribution in [0.5, 0.6) is 11.5 Å². The van der Waals surface area contributed by atoms with Crippen molar-refractivity contribution in [2.45, 2.75) is 20.3 Å². The van der Waals surface area contributed by atoms with E-state index in [2.05, 4.69) is 16.9 Å². The number of nitrogens with two attached hydrogens (primary N) is 1. The molecule has 6 nitrogen and oxygen atoms in total. The van der Waals surface area contributed by atoms with Gasteiger partial charge in [0, 0.05) is 43.8 Å². The highest BCUT2D eigenvalue weighted by atomic mass is 16.5. The summed E-state index contributed by atoms with van der Waals surface area (Å²) in [6.07, 6.45) is 5.92. The molecular weight excluding hydrogens is 302 g/mol. The smallest absolute Gasteiger partial charge is 0.148 e. The van der Waals surface area contributed by atoms with E-state index in [4.69, 9.17) is 15.9 Å². The maximum Gasteiger partial charge on any atom is 0.148 e. The van der Waals surface area contributed by atoms with Gasteiger partial charge >= 0.3 is 0 Å². The van der Waals surface area contributed by atoms with Crippen molar-refractivity contribution in [2.75, 3.05) is 19.3 Å². The Morgan fingerprint density at radius 2 is 2.17 bits per heavy atom. The summed E-state index contributed by atoms with van der Waals surface area (Å²) in [6, 6.07) is 7.08. The van der Waals surface area contributed by atoms with Crippen molar-refractivity contribution in [3.63, 3.8) is 0 Å². The van der Waals surface area contributed by atoms with Crippen LogP contribution < -0.4 is 10.5 Å². The van der Waals surface area contributed by atoms with Gasteiger partial charge in [-0.3, -0.25) is 4.98 Å². The lowest BCUT2D eigenvalue weighted by molar-refractivity contribution is 0.456. The molecule has 3 N–H and O–H groups in total. The zero-order valence-corrected chi connectivity index (χ0v) is 14.3. The van der Waals surface area contributed by atoms with E-state index in [1.165, 1.54) is 6.21 Å². The van der Waals surface area contributed by atoms with Crippen LogP contribution in [0.1, 0.15) is 24.7 Å². The van der Waals surface area contributed by atoms with Gasteiger partial charge in [-0.1, -0.05) is 6.92 Å². The van der Waals surface area contributed by atoms with Gasteiger partial charge in [-0.15, -0.1) is 0 Å². The summed E-state index contributed by atoms with van der Waals surface area (Å²) in [5.41, 5.74) is 7.79. The standard InChI is InChI=1S/C18H23N5O/c1-4-9-23(3)12-14(11-19)16-10-15(7-8-21-16)24-17-5-6-18(20)22-13(17)2/h5-8,10-12,19H,4,9H2,1-3H3,(H2,20,22)/b14-12+,19-11?. The van der Waals surface area contributed by atoms with Crippen molar-refractivity contribution in [1.29, 1.82) is 5.41 Å². The largest absolute Gasteiger partial charge is 0.455 e. The Kier molecular flexibility index (Phi) is 5.89. The lowest BCUT2D eigenvalue weighted by Gasteiger charge is -2.14. The van der Waals surface area contributed by atoms with Crippen LogP contribution in [0.15, 0.2) is 36.7 Å². The third-order valence-corrected chi connectivity index (χ3v) is 3.41. The summed E-state index contributed by atoms with van der Waals surface area (Å²) in [6.45, 7) is 4.88. The van der Waals surface area contributed by atoms with Gasteiger partial charge in [0.2, 0.25) is 0 Å². The highest BCUT2D eigenvalue weighted by Crippen LogP contribution is 2.26. The van der Waals surface area contributed by atoms with E-state index in [-0.39, 0.29) is 0 Å². The highest BCUT2D eigenvalue weighted by Gasteiger charge is 2.07. The van der Waals surface area contributed by atoms with E-state index in [1.54, 1.807) is 24.4 Å². The van der Waals surface area contributed by atoms with Crippen LogP contribution in [0, 0.1) is 12.3 Å². The van der Waals surface area contributed by atoms with Crippen molar-refractivity contribution in [1.82, 2.24) is 14.9 Å². The van der Waals surface area contributed by atoms with E-state index in [0.717, 1.165) is 24.2 Å². The molecule has 24 heavy (non-hydrogen) atoms. The number of aryl methyl sites for hydroxylation is 1. The van der Waals surface area contributed by atoms with Crippen molar-refractivity contribution in [2.24, 2.45) is 0 Å². The predicted molar refractivity (Wildman–Crippen MR) is 97.4 cm³/mol. The molecule has 2 rings (SSSR count). The summed E-state index contributed by atoms with van der Waals surface area (Å²) in [5.74, 6) is 1.74. The zero-order chi connectivity index (χ0) is 17.5. The van der Waals surface area contributed by atoms with Crippen LogP contribution in [0.4, 0.5) is 5.82 Å². The summed E-state index contributed by atoms with van der Waals surface area (Å²) >= 11 is 0. The van der Waals surface area contributed by atoms with Crippen molar-refractivity contribution >= 4 is 17.6 Å². The number of ether oxygens (including phenoxy) is 1. The molecule has 6 heteroatoms. The van der Waals surface area contributed by atoms with Crippen LogP contribution in [0.2, 0.25) is 0 Å². The van der Waals surface area contributed by atoms with Gasteiger partial charge < -0.3 is 20.8 Å². The maximum absolute atomic E-state index is 7.65. The first-order valence-electron chi connectivity index (χ1n) is 7.83. The zero-order valence-electron chi connectivity index (χ0n) is 14.3. The molecule has 0 atom stereocenters. The first-order valence-corrected chi connectivity index (χ1v) is 7.83. The number of allylic oxidation sites excluding steroid dienone is 1. The van der Waals surface area contributed by atoms with E-state index in [0.29, 0.717) is 23.0 Å². The van der Waals surface area contributed by atoms with Crippen molar-refractivity contribution in [3.8, 4) is 11.5 Å². The fourth-order valence-corrected chi connectivity index (χ4v) is 2.27. The number of nitrogen functional groups attached to an aromatic ring is 1. The number of hydrogen-bond acceptors (Lipinski definition) is 6. The molecule has 0 saturated heterocycles. The minimum atomic E-state index is 0.461. The Hall–Kier alpha value is -2.89. The van der Waals surface area contributed by atoms with E-state index in [9.17, 15) is 0 Å². The first kappa shape index (κ1) is 17.5. The van der Waals surface area contributed by atoms with Gasteiger partial charge in [0.1, 0.15) is 17.3 Å². The molecule has 2 heterocycles. The van der Waals surface area contributed by atoms with Gasteiger partial charge in [-0.25, -0.2) is 4.98 Å². The lowest BCUT2D eigenvalue weighted by Crippen LogP contribution is -2.12. The third kappa shape index (κ3) is 4.55. The number of hydrogen-bond donors (Lipinski definition) is 2. The molecule has 0 aliphatic heterocycles. The SMILES string of the molecule is CCCN(C)/C=C(\C=N)c1cc(Oc2ccc(N)nc2C)ccn1. The Balaban J connectivity index is 2.25. The van der Waals surface area contributed by atoms with Gasteiger partial charge in [0.05, 0.1) is 11.4 Å². The second kappa shape index (κ2) is 8.10. The Morgan fingerprint density at radius 3 is 2.83 bits per heavy atom. The van der Waals surface area contributed by atoms with E-state index < -0.39 is 0 Å². The molecule has 0 radical (unpaired) electrons. The quantitative estimate of drug-likeness (QED) is 0.761. The molecule has 126 valence electrons. The van der Waals surface area contributed by atoms with Gasteiger partial charge in [0.25, 0.3) is 0 Å². The number of anilines is 1. The van der Waals surface area contributed by atoms with Crippen LogP contribution in [0.25, 0.3) is 5.57 Å². The first-order chi connectivity index (χ1) is 11.5. The van der Waals surface area contributed by atoms with E-state index >= 15 is 0 Å². The number of nitrogens with one attached hydrogen (secondary N) is 1. The number of aromatic nitrogens is 2. The number of nitrogens with zero attached hydrogens (tertiary/aromatic N) is 3. The molecule has 0 aromatic carbocycles. The lowest BCUT2D eigenvalue weighted by atomic mass is 10.2. The minimum Gasteiger partial charge on any atom is -0.455 e. The minimum absolute atomic E-state index is 0.461. The molecular formula is C18H23N5O. The van der Waals surface area contributed by atoms with Crippen LogP contribution >= 0.6 is 0 Å². The van der Waals surface area contributed by atoms with Gasteiger partial charge in [0.15, 0.2) is 0 Å². The van der Waals surface area contributed by atoms with Gasteiger partial charge in [-0.2, -0.15) is 0 Å². The number of pyridine rings is 2. The average molecular weight is 325 g/mol. The Labute approximate surface area is 142 Å². The number of rotatable bonds is 7. The molecule has 0 fully saturated rings. The van der Waals surface area contributed by atoms with Gasteiger partial charge in [-0.05, 0) is 31.5 Å². The van der Waals surface area contributed by atoms with Crippen molar-refractivity contribution in [3.05, 3.63) is 48.1 Å². The van der Waals surface area contributed by atoms with E-state index in [1.807, 2.05) is 31.1 Å². The fraction of sp³-hybridized carbons (Fsp3) is 0.278. The molecule has 0 aliphatic carbocycles. The monoisotopic (exact) mass is 325 g/mol. The topological polar surface area (TPSA) is 88.1 Å². The van der Waals surface area contributed by atoms with Crippen LogP contribution in [-0.4, -0.2) is 34.7 Å². The second-order valence-electron chi connectivity index (χ2n) is 5.51. The predicted octanol–water partition coefficient (Wildman–Crippen LogP) is 3.49. The Bertz CT molecular complexity index is 742. The second-order valence-corrected chi connectivity index (χ2v) is 5.51. The maximum atomic E-state index is 7.65. The third-order valence-electron chi connectivity index (χ3n) is 3.41. The summed E-state index contributed by atoms with van der Waals surface area (Å²) < 4.78 is 5.88.